The van der Waals surface area contributed by atoms with Gasteiger partial charge in [-0.05, 0) is 40.2 Å². The zero-order chi connectivity index (χ0) is 12.2. The molecule has 104 valence electrons. The fourth-order valence-corrected chi connectivity index (χ4v) is 1.65. The Morgan fingerprint density at radius 2 is 2.12 bits per heavy atom. The van der Waals surface area contributed by atoms with Crippen molar-refractivity contribution in [2.75, 3.05) is 13.1 Å². The molecular formula is C11H19FmN2O3-. The average molecular weight is 484 g/mol. The topological polar surface area (TPSA) is 58.6 Å². The Kier molecular flexibility index (Phi) is 4.96. The first-order valence-corrected chi connectivity index (χ1v) is 5.53. The minimum Gasteiger partial charge on any atom is -0.520 e. The number of nitrogens with zero attached hydrogens (tertiary/aromatic N) is 1. The maximum atomic E-state index is 11.5. The fourth-order valence-electron chi connectivity index (χ4n) is 1.65. The van der Waals surface area contributed by atoms with Crippen LogP contribution < -0.4 is 5.32 Å². The third kappa shape index (κ3) is 5.39. The van der Waals surface area contributed by atoms with E-state index in [1.807, 2.05) is 27.2 Å². The van der Waals surface area contributed by atoms with E-state index in [0.717, 1.165) is 19.4 Å². The van der Waals surface area contributed by atoms with Gasteiger partial charge in [0.05, 0.1) is 0 Å². The van der Waals surface area contributed by atoms with E-state index in [1.54, 1.807) is 4.90 Å². The van der Waals surface area contributed by atoms with Crippen molar-refractivity contribution in [1.29, 1.82) is 0 Å². The van der Waals surface area contributed by atoms with E-state index in [0.29, 0.717) is 6.54 Å². The standard InChI is InChI=1S/C11H19N2O3.Fm/c1-11(2,3)16-10(15)12-9-5-4-6-13(7-9)8-14;/h9H,4-7H2,1-3H3,(H,12,15);/q-1;. The van der Waals surface area contributed by atoms with E-state index in [4.69, 9.17) is 4.74 Å². The molecule has 1 unspecified atom stereocenters. The number of amides is 2. The molecule has 1 saturated heterocycles. The summed E-state index contributed by atoms with van der Waals surface area (Å²) < 4.78 is 5.14. The predicted molar refractivity (Wildman–Crippen MR) is 59.7 cm³/mol. The molecule has 0 radical (unpaired) electrons. The summed E-state index contributed by atoms with van der Waals surface area (Å²) in [5.41, 5.74) is -0.491. The van der Waals surface area contributed by atoms with Crippen LogP contribution in [0.15, 0.2) is 0 Å². The number of rotatable bonds is 2. The second-order valence-corrected chi connectivity index (χ2v) is 5.02. The minimum absolute atomic E-state index is 0. The molecule has 1 fully saturated rings. The zero-order valence-corrected chi connectivity index (χ0v) is 12.8. The Bertz CT molecular complexity index is 266. The number of hydrogen-bond acceptors (Lipinski definition) is 3. The fraction of sp³-hybridized carbons (Fsp3) is 0.818. The molecule has 0 aliphatic carbocycles. The maximum Gasteiger partial charge on any atom is 0.407 e. The predicted octanol–water partition coefficient (Wildman–Crippen LogP) is 1.04. The average Bonchev–Trinajstić information content (AvgIpc) is 2.15. The monoisotopic (exact) mass is 484 g/mol. The molecule has 1 heterocycles. The van der Waals surface area contributed by atoms with Crippen LogP contribution in [-0.2, 0) is 9.53 Å². The molecule has 2 amide bonds. The molecule has 0 aromatic carbocycles. The summed E-state index contributed by atoms with van der Waals surface area (Å²) in [6.07, 6.45) is 3.18. The van der Waals surface area contributed by atoms with Crippen LogP contribution in [0.2, 0.25) is 0 Å². The molecule has 0 aromatic heterocycles. The van der Waals surface area contributed by atoms with Gasteiger partial charge < -0.3 is 19.7 Å². The first-order chi connectivity index (χ1) is 7.40. The van der Waals surface area contributed by atoms with Gasteiger partial charge in [-0.1, -0.05) is 0 Å². The van der Waals surface area contributed by atoms with Crippen molar-refractivity contribution in [3.05, 3.63) is 0 Å². The second kappa shape index (κ2) is 5.72. The summed E-state index contributed by atoms with van der Waals surface area (Å²) in [5.74, 6) is 0. The van der Waals surface area contributed by atoms with E-state index in [-0.39, 0.29) is 6.04 Å². The summed E-state index contributed by atoms with van der Waals surface area (Å²) in [7, 11) is 0. The largest absolute Gasteiger partial charge is 0.520 e. The molecule has 1 aliphatic heterocycles. The van der Waals surface area contributed by atoms with Crippen molar-refractivity contribution in [2.24, 2.45) is 0 Å². The van der Waals surface area contributed by atoms with E-state index in [2.05, 4.69) is 5.32 Å². The Labute approximate surface area is 96.1 Å². The van der Waals surface area contributed by atoms with Gasteiger partial charge in [-0.25, -0.2) is 4.79 Å². The normalized spacial score (nSPS) is 20.2. The molecule has 1 aliphatic rings. The smallest absolute Gasteiger partial charge is 0.407 e. The van der Waals surface area contributed by atoms with E-state index >= 15 is 0 Å². The van der Waals surface area contributed by atoms with Crippen LogP contribution in [0.1, 0.15) is 33.6 Å². The number of carbonyl (C=O) groups excluding carboxylic acids is 2. The van der Waals surface area contributed by atoms with Gasteiger partial charge in [-0.3, -0.25) is 0 Å². The van der Waals surface area contributed by atoms with Gasteiger partial charge in [0.25, 0.3) is 0 Å². The Morgan fingerprint density at radius 3 is 2.65 bits per heavy atom. The van der Waals surface area contributed by atoms with Gasteiger partial charge in [0.1, 0.15) is 5.60 Å². The maximum absolute atomic E-state index is 11.5. The van der Waals surface area contributed by atoms with Crippen LogP contribution in [0.4, 0.5) is 4.79 Å². The number of likely N-dealkylation sites (tertiary alicyclic amines) is 1. The van der Waals surface area contributed by atoms with Crippen LogP contribution in [0.3, 0.4) is 0 Å². The molecule has 0 bridgehead atoms. The first kappa shape index (κ1) is 14.7. The Morgan fingerprint density at radius 1 is 1.47 bits per heavy atom. The van der Waals surface area contributed by atoms with Crippen molar-refractivity contribution in [3.8, 4) is 0 Å². The number of carbonyl (C=O) groups is 1. The number of piperidine rings is 1. The molecule has 0 spiro atoms. The summed E-state index contributed by atoms with van der Waals surface area (Å²) in [5, 5.41) is 2.76. The third-order valence-electron chi connectivity index (χ3n) is 2.27. The molecule has 5 nitrogen and oxygen atoms in total. The van der Waals surface area contributed by atoms with E-state index < -0.39 is 11.7 Å². The molecule has 6 heteroatoms. The molecule has 1 atom stereocenters. The molecule has 1 N–H and O–H groups in total. The zero-order valence-electron chi connectivity index (χ0n) is 10.4. The van der Waals surface area contributed by atoms with Gasteiger partial charge in [0.2, 0.25) is 0 Å². The van der Waals surface area contributed by atoms with Gasteiger partial charge >= 0.3 is 6.09 Å². The van der Waals surface area contributed by atoms with Crippen LogP contribution >= 0.6 is 0 Å². The molecule has 0 aromatic rings. The quantitative estimate of drug-likeness (QED) is 0.597. The number of hydrogen-bond donors (Lipinski definition) is 1. The van der Waals surface area contributed by atoms with Crippen molar-refractivity contribution >= 4 is 12.5 Å². The van der Waals surface area contributed by atoms with Crippen LogP contribution in [0, 0.1) is 0 Å². The van der Waals surface area contributed by atoms with Gasteiger partial charge in [-0.15, -0.1) is 0 Å². The van der Waals surface area contributed by atoms with Crippen molar-refractivity contribution < 1.29 is 14.3 Å². The van der Waals surface area contributed by atoms with Crippen molar-refractivity contribution in [2.45, 2.75) is 45.3 Å². The molecule has 0 saturated carbocycles. The Balaban J connectivity index is 0.00000256. The Hall–Kier alpha value is -2.26. The molecular weight excluding hydrogens is 465 g/mol. The molecule has 17 heavy (non-hydrogen) atoms. The number of nitrogens with one attached hydrogen (secondary N) is 1. The summed E-state index contributed by atoms with van der Waals surface area (Å²) >= 11 is 0. The van der Waals surface area contributed by atoms with Crippen molar-refractivity contribution in [3.63, 3.8) is 0 Å². The van der Waals surface area contributed by atoms with E-state index in [1.165, 1.54) is 0 Å². The summed E-state index contributed by atoms with van der Waals surface area (Å²) in [6.45, 7) is 6.69. The van der Waals surface area contributed by atoms with Crippen LogP contribution in [0.5, 0.6) is 0 Å². The summed E-state index contributed by atoms with van der Waals surface area (Å²) in [4.78, 5) is 23.5. The second-order valence-electron chi connectivity index (χ2n) is 5.02. The van der Waals surface area contributed by atoms with Gasteiger partial charge in [-0.2, -0.15) is 6.41 Å². The van der Waals surface area contributed by atoms with Crippen LogP contribution in [0.25, 0.3) is 0 Å². The third-order valence-corrected chi connectivity index (χ3v) is 2.27. The van der Waals surface area contributed by atoms with Gasteiger partial charge in [0.15, 0.2) is 0 Å². The first-order valence-electron chi connectivity index (χ1n) is 5.53. The van der Waals surface area contributed by atoms with Gasteiger partial charge in [0, 0.05) is 12.6 Å². The number of ether oxygens (including phenoxy) is 1. The molecule has 1 rings (SSSR count). The number of alkyl carbamates (subject to hydrolysis) is 1. The minimum atomic E-state index is -0.491. The van der Waals surface area contributed by atoms with Crippen LogP contribution in [-0.4, -0.2) is 42.1 Å². The van der Waals surface area contributed by atoms with E-state index in [9.17, 15) is 9.59 Å². The summed E-state index contributed by atoms with van der Waals surface area (Å²) in [6, 6.07) is -0.0231. The SMILES string of the molecule is CC(C)(C)OC(=O)NC1CCCN([C-]=O)C1.[Fm]. The van der Waals surface area contributed by atoms with Crippen molar-refractivity contribution in [1.82, 2.24) is 10.2 Å².